The van der Waals surface area contributed by atoms with E-state index in [9.17, 15) is 9.90 Å². The Morgan fingerprint density at radius 3 is 2.33 bits per heavy atom. The molecule has 7 heteroatoms. The van der Waals surface area contributed by atoms with E-state index in [1.807, 2.05) is 72.8 Å². The van der Waals surface area contributed by atoms with Crippen LogP contribution in [0.25, 0.3) is 11.1 Å². The molecule has 5 rings (SSSR count). The molecule has 0 aromatic heterocycles. The van der Waals surface area contributed by atoms with Crippen LogP contribution in [0, 0.1) is 0 Å². The van der Waals surface area contributed by atoms with E-state index in [-0.39, 0.29) is 24.7 Å². The number of carbonyl (C=O) groups excluding carboxylic acids is 1. The fraction of sp³-hybridized carbons (Fsp3) is 0.242. The summed E-state index contributed by atoms with van der Waals surface area (Å²) in [6, 6.07) is 32.3. The molecule has 0 radical (unpaired) electrons. The van der Waals surface area contributed by atoms with Crippen molar-refractivity contribution < 1.29 is 19.4 Å². The Balaban J connectivity index is 1.36. The first-order valence-corrected chi connectivity index (χ1v) is 14.4. The van der Waals surface area contributed by atoms with Gasteiger partial charge in [-0.1, -0.05) is 60.7 Å². The van der Waals surface area contributed by atoms with Gasteiger partial charge in [0.2, 0.25) is 5.91 Å². The first-order chi connectivity index (χ1) is 19.5. The minimum Gasteiger partial charge on any atom is -0.392 e. The van der Waals surface area contributed by atoms with Gasteiger partial charge in [-0.2, -0.15) is 0 Å². The third-order valence-electron chi connectivity index (χ3n) is 6.88. The van der Waals surface area contributed by atoms with Crippen molar-refractivity contribution in [2.75, 3.05) is 11.1 Å². The minimum absolute atomic E-state index is 0.00960. The molecular weight excluding hydrogens is 520 g/mol. The highest BCUT2D eigenvalue weighted by Crippen LogP contribution is 2.40. The molecule has 0 unspecified atom stereocenters. The van der Waals surface area contributed by atoms with Crippen LogP contribution in [0.1, 0.15) is 48.0 Å². The summed E-state index contributed by atoms with van der Waals surface area (Å²) >= 11 is 1.72. The summed E-state index contributed by atoms with van der Waals surface area (Å²) in [7, 11) is 0. The van der Waals surface area contributed by atoms with Crippen molar-refractivity contribution in [1.29, 1.82) is 0 Å². The molecule has 0 saturated carbocycles. The normalized spacial score (nSPS) is 18.8. The van der Waals surface area contributed by atoms with E-state index in [1.54, 1.807) is 11.8 Å². The number of ether oxygens (including phenoxy) is 2. The van der Waals surface area contributed by atoms with E-state index < -0.39 is 6.29 Å². The summed E-state index contributed by atoms with van der Waals surface area (Å²) in [5, 5.41) is 12.3. The molecule has 1 heterocycles. The van der Waals surface area contributed by atoms with Crippen molar-refractivity contribution in [3.05, 3.63) is 119 Å². The standard InChI is InChI=1S/C33H34N2O4S/c1-22(37)35-29-12-14-31(15-13-29)40-21-30-18-32(25-10-8-23(20-36)9-11-25)39-33(38-30)28-7-3-6-27(17-28)26-5-2-4-24(16-26)19-34/h2-17,30,32-33,36H,18-21,34H2,1H3,(H,35,37)/t30-,32+,33+/m1/s1. The molecular formula is C33H34N2O4S. The summed E-state index contributed by atoms with van der Waals surface area (Å²) in [4.78, 5) is 12.4. The van der Waals surface area contributed by atoms with Gasteiger partial charge in [-0.3, -0.25) is 4.79 Å². The molecule has 6 nitrogen and oxygen atoms in total. The maximum Gasteiger partial charge on any atom is 0.221 e. The molecule has 0 aliphatic carbocycles. The Bertz CT molecular complexity index is 1430. The first kappa shape index (κ1) is 28.1. The number of aliphatic hydroxyl groups excluding tert-OH is 1. The zero-order chi connectivity index (χ0) is 27.9. The van der Waals surface area contributed by atoms with E-state index in [0.29, 0.717) is 13.0 Å². The number of thioether (sulfide) groups is 1. The van der Waals surface area contributed by atoms with Crippen molar-refractivity contribution >= 4 is 23.4 Å². The van der Waals surface area contributed by atoms with E-state index in [1.165, 1.54) is 6.92 Å². The van der Waals surface area contributed by atoms with Gasteiger partial charge < -0.3 is 25.6 Å². The second kappa shape index (κ2) is 13.3. The molecule has 206 valence electrons. The highest BCUT2D eigenvalue weighted by molar-refractivity contribution is 7.99. The molecule has 0 spiro atoms. The number of anilines is 1. The third kappa shape index (κ3) is 7.18. The highest BCUT2D eigenvalue weighted by Gasteiger charge is 2.32. The fourth-order valence-corrected chi connectivity index (χ4v) is 5.71. The van der Waals surface area contributed by atoms with Gasteiger partial charge in [-0.25, -0.2) is 0 Å². The lowest BCUT2D eigenvalue weighted by Crippen LogP contribution is -2.31. The summed E-state index contributed by atoms with van der Waals surface area (Å²) < 4.78 is 13.1. The molecule has 1 saturated heterocycles. The summed E-state index contributed by atoms with van der Waals surface area (Å²) in [5.41, 5.74) is 12.8. The lowest BCUT2D eigenvalue weighted by atomic mass is 9.99. The number of nitrogens with one attached hydrogen (secondary N) is 1. The smallest absolute Gasteiger partial charge is 0.221 e. The quantitative estimate of drug-likeness (QED) is 0.202. The van der Waals surface area contributed by atoms with Crippen molar-refractivity contribution in [3.8, 4) is 11.1 Å². The fourth-order valence-electron chi connectivity index (χ4n) is 4.79. The minimum atomic E-state index is -0.526. The number of rotatable bonds is 9. The summed E-state index contributed by atoms with van der Waals surface area (Å²) in [6.07, 6.45) is -0.0138. The van der Waals surface area contributed by atoms with Crippen molar-refractivity contribution in [1.82, 2.24) is 0 Å². The number of benzene rings is 4. The number of carbonyl (C=O) groups is 1. The predicted octanol–water partition coefficient (Wildman–Crippen LogP) is 6.60. The van der Waals surface area contributed by atoms with Crippen LogP contribution in [0.15, 0.2) is 102 Å². The number of aliphatic hydroxyl groups is 1. The Labute approximate surface area is 239 Å². The zero-order valence-corrected chi connectivity index (χ0v) is 23.3. The van der Waals surface area contributed by atoms with E-state index >= 15 is 0 Å². The maximum atomic E-state index is 11.3. The molecule has 0 bridgehead atoms. The average molecular weight is 555 g/mol. The zero-order valence-electron chi connectivity index (χ0n) is 22.5. The van der Waals surface area contributed by atoms with Gasteiger partial charge in [0.25, 0.3) is 0 Å². The van der Waals surface area contributed by atoms with Gasteiger partial charge in [-0.15, -0.1) is 11.8 Å². The molecule has 4 aromatic carbocycles. The third-order valence-corrected chi connectivity index (χ3v) is 8.02. The number of nitrogens with two attached hydrogens (primary N) is 1. The van der Waals surface area contributed by atoms with Crippen molar-refractivity contribution in [3.63, 3.8) is 0 Å². The van der Waals surface area contributed by atoms with Gasteiger partial charge >= 0.3 is 0 Å². The van der Waals surface area contributed by atoms with Crippen LogP contribution in [-0.4, -0.2) is 22.9 Å². The van der Waals surface area contributed by atoms with Crippen LogP contribution in [0.3, 0.4) is 0 Å². The number of hydrogen-bond acceptors (Lipinski definition) is 6. The molecule has 1 aliphatic heterocycles. The molecule has 1 amide bonds. The molecule has 4 aromatic rings. The Morgan fingerprint density at radius 1 is 0.900 bits per heavy atom. The number of amides is 1. The summed E-state index contributed by atoms with van der Waals surface area (Å²) in [5.74, 6) is 0.666. The predicted molar refractivity (Wildman–Crippen MR) is 160 cm³/mol. The number of hydrogen-bond donors (Lipinski definition) is 3. The SMILES string of the molecule is CC(=O)Nc1ccc(SC[C@H]2C[C@@H](c3ccc(CO)cc3)O[C@@H](c3cccc(-c4cccc(CN)c4)c3)O2)cc1. The van der Waals surface area contributed by atoms with Gasteiger partial charge in [0.1, 0.15) is 0 Å². The lowest BCUT2D eigenvalue weighted by Gasteiger charge is -2.36. The van der Waals surface area contributed by atoms with E-state index in [0.717, 1.165) is 49.7 Å². The van der Waals surface area contributed by atoms with Gasteiger partial charge in [0.15, 0.2) is 6.29 Å². The first-order valence-electron chi connectivity index (χ1n) is 13.4. The molecule has 1 fully saturated rings. The van der Waals surface area contributed by atoms with Crippen LogP contribution in [-0.2, 0) is 27.4 Å². The summed E-state index contributed by atoms with van der Waals surface area (Å²) in [6.45, 7) is 2.01. The van der Waals surface area contributed by atoms with Gasteiger partial charge in [0.05, 0.1) is 18.8 Å². The van der Waals surface area contributed by atoms with Gasteiger partial charge in [0, 0.05) is 41.8 Å². The van der Waals surface area contributed by atoms with Crippen LogP contribution in [0.5, 0.6) is 0 Å². The largest absolute Gasteiger partial charge is 0.392 e. The van der Waals surface area contributed by atoms with Crippen LogP contribution < -0.4 is 11.1 Å². The van der Waals surface area contributed by atoms with Crippen LogP contribution in [0.4, 0.5) is 5.69 Å². The Kier molecular flexibility index (Phi) is 9.31. The Morgan fingerprint density at radius 2 is 1.62 bits per heavy atom. The van der Waals surface area contributed by atoms with E-state index in [2.05, 4.69) is 29.6 Å². The Hall–Kier alpha value is -3.46. The average Bonchev–Trinajstić information content (AvgIpc) is 3.00. The van der Waals surface area contributed by atoms with Crippen molar-refractivity contribution in [2.45, 2.75) is 49.9 Å². The highest BCUT2D eigenvalue weighted by atomic mass is 32.2. The topological polar surface area (TPSA) is 93.8 Å². The van der Waals surface area contributed by atoms with Crippen LogP contribution >= 0.6 is 11.8 Å². The van der Waals surface area contributed by atoms with E-state index in [4.69, 9.17) is 15.2 Å². The second-order valence-corrected chi connectivity index (χ2v) is 11.0. The molecule has 1 aliphatic rings. The van der Waals surface area contributed by atoms with Crippen LogP contribution in [0.2, 0.25) is 0 Å². The van der Waals surface area contributed by atoms with Crippen molar-refractivity contribution in [2.24, 2.45) is 5.73 Å². The maximum absolute atomic E-state index is 11.3. The monoisotopic (exact) mass is 554 g/mol. The molecule has 4 N–H and O–H groups in total. The lowest BCUT2D eigenvalue weighted by molar-refractivity contribution is -0.245. The second-order valence-electron chi connectivity index (χ2n) is 9.90. The molecule has 40 heavy (non-hydrogen) atoms. The van der Waals surface area contributed by atoms with Gasteiger partial charge in [-0.05, 0) is 64.2 Å². The molecule has 3 atom stereocenters.